The topological polar surface area (TPSA) is 60.1 Å². The van der Waals surface area contributed by atoms with Gasteiger partial charge in [-0.3, -0.25) is 5.41 Å². The molecule has 0 fully saturated rings. The van der Waals surface area contributed by atoms with E-state index in [9.17, 15) is 0 Å². The van der Waals surface area contributed by atoms with Gasteiger partial charge in [0.2, 0.25) is 0 Å². The minimum atomic E-state index is -0.123. The van der Waals surface area contributed by atoms with E-state index >= 15 is 0 Å². The van der Waals surface area contributed by atoms with E-state index in [1.165, 1.54) is 0 Å². The fourth-order valence-electron chi connectivity index (χ4n) is 0.394. The largest absolute Gasteiger partial charge is 0.281 e. The van der Waals surface area contributed by atoms with Crippen LogP contribution in [-0.4, -0.2) is 5.84 Å². The Morgan fingerprint density at radius 3 is 2.27 bits per heavy atom. The number of hydrogen-bond donors (Lipinski definition) is 2. The molecule has 0 saturated carbocycles. The van der Waals surface area contributed by atoms with Crippen molar-refractivity contribution >= 4 is 5.84 Å². The number of amidine groups is 1. The first-order valence-corrected chi connectivity index (χ1v) is 3.07. The molecule has 0 rings (SSSR count). The van der Waals surface area contributed by atoms with E-state index in [1.54, 1.807) is 12.2 Å². The Morgan fingerprint density at radius 1 is 1.36 bits per heavy atom. The highest BCUT2D eigenvalue weighted by atomic mass is 15.0. The van der Waals surface area contributed by atoms with E-state index in [2.05, 4.69) is 18.3 Å². The predicted octanol–water partition coefficient (Wildman–Crippen LogP) is 2.68. The Kier molecular flexibility index (Phi) is 3.73. The van der Waals surface area contributed by atoms with E-state index < -0.39 is 0 Å². The van der Waals surface area contributed by atoms with Crippen molar-refractivity contribution in [1.82, 2.24) is 0 Å². The van der Waals surface area contributed by atoms with Crippen molar-refractivity contribution in [2.45, 2.75) is 6.92 Å². The molecular formula is C8H11N3. The zero-order chi connectivity index (χ0) is 8.85. The summed E-state index contributed by atoms with van der Waals surface area (Å²) in [5.74, 6) is -0.123. The molecule has 3 heteroatoms. The maximum Gasteiger partial charge on any atom is 0.173 e. The Labute approximate surface area is 66.1 Å². The molecule has 0 amide bonds. The number of hydrogen-bond acceptors (Lipinski definition) is 2. The van der Waals surface area contributed by atoms with E-state index in [0.29, 0.717) is 5.57 Å². The number of rotatable bonds is 3. The molecule has 0 aliphatic rings. The molecule has 58 valence electrons. The maximum absolute atomic E-state index is 7.05. The Balaban J connectivity index is 4.18. The molecule has 0 aromatic rings. The number of nitrogens with zero attached hydrogens (tertiary/aromatic N) is 1. The molecule has 0 aliphatic heterocycles. The molecule has 0 aromatic heterocycles. The fourth-order valence-corrected chi connectivity index (χ4v) is 0.394. The van der Waals surface area contributed by atoms with Crippen LogP contribution < -0.4 is 0 Å². The fraction of sp³-hybridized carbons (Fsp3) is 0.125. The van der Waals surface area contributed by atoms with E-state index in [-0.39, 0.29) is 5.84 Å². The van der Waals surface area contributed by atoms with Crippen LogP contribution in [0.3, 0.4) is 0 Å². The molecule has 0 atom stereocenters. The zero-order valence-corrected chi connectivity index (χ0v) is 6.52. The van der Waals surface area contributed by atoms with Gasteiger partial charge in [-0.05, 0) is 6.92 Å². The third-order valence-electron chi connectivity index (χ3n) is 0.985. The molecule has 0 radical (unpaired) electrons. The monoisotopic (exact) mass is 149 g/mol. The minimum absolute atomic E-state index is 0.123. The van der Waals surface area contributed by atoms with Crippen molar-refractivity contribution < 1.29 is 0 Å². The SMILES string of the molecule is C=C(C)/C=C\C(=C)C(=N)N=N. The van der Waals surface area contributed by atoms with Crippen LogP contribution >= 0.6 is 0 Å². The molecule has 0 bridgehead atoms. The van der Waals surface area contributed by atoms with Gasteiger partial charge in [0.25, 0.3) is 0 Å². The Morgan fingerprint density at radius 2 is 1.91 bits per heavy atom. The highest BCUT2D eigenvalue weighted by molar-refractivity contribution is 5.97. The lowest BCUT2D eigenvalue weighted by Gasteiger charge is -1.92. The van der Waals surface area contributed by atoms with Gasteiger partial charge in [-0.1, -0.05) is 30.9 Å². The third kappa shape index (κ3) is 3.97. The maximum atomic E-state index is 7.05. The summed E-state index contributed by atoms with van der Waals surface area (Å²) < 4.78 is 0. The van der Waals surface area contributed by atoms with Gasteiger partial charge in [0.1, 0.15) is 0 Å². The van der Waals surface area contributed by atoms with Crippen LogP contribution in [0.1, 0.15) is 6.92 Å². The smallest absolute Gasteiger partial charge is 0.173 e. The lowest BCUT2D eigenvalue weighted by atomic mass is 10.2. The third-order valence-corrected chi connectivity index (χ3v) is 0.985. The first-order chi connectivity index (χ1) is 5.07. The summed E-state index contributed by atoms with van der Waals surface area (Å²) in [6.45, 7) is 9.01. The van der Waals surface area contributed by atoms with Crippen LogP contribution in [0.15, 0.2) is 41.6 Å². The summed E-state index contributed by atoms with van der Waals surface area (Å²) in [4.78, 5) is 0. The van der Waals surface area contributed by atoms with Crippen molar-refractivity contribution in [3.05, 3.63) is 36.5 Å². The second kappa shape index (κ2) is 4.33. The molecule has 11 heavy (non-hydrogen) atoms. The summed E-state index contributed by atoms with van der Waals surface area (Å²) in [6, 6.07) is 0. The summed E-state index contributed by atoms with van der Waals surface area (Å²) in [7, 11) is 0. The molecule has 0 unspecified atom stereocenters. The summed E-state index contributed by atoms with van der Waals surface area (Å²) in [5, 5.41) is 9.97. The predicted molar refractivity (Wildman–Crippen MR) is 46.0 cm³/mol. The molecular weight excluding hydrogens is 138 g/mol. The first kappa shape index (κ1) is 9.49. The van der Waals surface area contributed by atoms with Crippen LogP contribution in [0.4, 0.5) is 0 Å². The van der Waals surface area contributed by atoms with E-state index in [1.807, 2.05) is 6.92 Å². The van der Waals surface area contributed by atoms with Gasteiger partial charge < -0.3 is 0 Å². The van der Waals surface area contributed by atoms with E-state index in [4.69, 9.17) is 10.9 Å². The lowest BCUT2D eigenvalue weighted by molar-refractivity contribution is 1.17. The highest BCUT2D eigenvalue weighted by Gasteiger charge is 1.93. The molecule has 0 heterocycles. The van der Waals surface area contributed by atoms with Gasteiger partial charge in [0.15, 0.2) is 5.84 Å². The summed E-state index contributed by atoms with van der Waals surface area (Å²) in [6.07, 6.45) is 3.34. The van der Waals surface area contributed by atoms with Crippen LogP contribution in [0.25, 0.3) is 0 Å². The standard InChI is InChI=1S/C8H11N3/c1-6(2)4-5-7(3)8(9)11-10/h4-5,9-10H,1,3H2,2H3/b5-4-,9-8?,11-10?. The second-order valence-electron chi connectivity index (χ2n) is 2.17. The molecule has 2 N–H and O–H groups in total. The number of allylic oxidation sites excluding steroid dienone is 2. The first-order valence-electron chi connectivity index (χ1n) is 3.07. The molecule has 0 spiro atoms. The van der Waals surface area contributed by atoms with Crippen LogP contribution in [0, 0.1) is 10.9 Å². The van der Waals surface area contributed by atoms with Gasteiger partial charge in [0, 0.05) is 5.57 Å². The van der Waals surface area contributed by atoms with Crippen molar-refractivity contribution in [3.63, 3.8) is 0 Å². The average Bonchev–Trinajstić information content (AvgIpc) is 1.98. The van der Waals surface area contributed by atoms with Gasteiger partial charge in [0.05, 0.1) is 0 Å². The molecule has 0 saturated heterocycles. The van der Waals surface area contributed by atoms with Gasteiger partial charge in [-0.25, -0.2) is 5.53 Å². The lowest BCUT2D eigenvalue weighted by Crippen LogP contribution is -1.90. The molecule has 0 aromatic carbocycles. The quantitative estimate of drug-likeness (QED) is 0.268. The van der Waals surface area contributed by atoms with Gasteiger partial charge in [-0.2, -0.15) is 0 Å². The van der Waals surface area contributed by atoms with E-state index in [0.717, 1.165) is 5.57 Å². The number of nitrogens with one attached hydrogen (secondary N) is 2. The minimum Gasteiger partial charge on any atom is -0.281 e. The van der Waals surface area contributed by atoms with Crippen molar-refractivity contribution in [2.24, 2.45) is 5.11 Å². The van der Waals surface area contributed by atoms with Crippen molar-refractivity contribution in [1.29, 1.82) is 10.9 Å². The Hall–Kier alpha value is -1.51. The van der Waals surface area contributed by atoms with Crippen LogP contribution in [-0.2, 0) is 0 Å². The van der Waals surface area contributed by atoms with Crippen LogP contribution in [0.5, 0.6) is 0 Å². The van der Waals surface area contributed by atoms with Crippen LogP contribution in [0.2, 0.25) is 0 Å². The molecule has 0 aliphatic carbocycles. The van der Waals surface area contributed by atoms with Gasteiger partial charge in [-0.15, -0.1) is 5.11 Å². The van der Waals surface area contributed by atoms with Crippen molar-refractivity contribution in [3.8, 4) is 0 Å². The average molecular weight is 149 g/mol. The Bertz CT molecular complexity index is 236. The normalized spacial score (nSPS) is 9.55. The zero-order valence-electron chi connectivity index (χ0n) is 6.52. The molecule has 3 nitrogen and oxygen atoms in total. The van der Waals surface area contributed by atoms with Gasteiger partial charge >= 0.3 is 0 Å². The summed E-state index contributed by atoms with van der Waals surface area (Å²) in [5.41, 5.74) is 7.81. The van der Waals surface area contributed by atoms with Crippen molar-refractivity contribution in [2.75, 3.05) is 0 Å². The second-order valence-corrected chi connectivity index (χ2v) is 2.17. The summed E-state index contributed by atoms with van der Waals surface area (Å²) >= 11 is 0. The highest BCUT2D eigenvalue weighted by Crippen LogP contribution is 1.99.